The Morgan fingerprint density at radius 2 is 1.96 bits per heavy atom. The van der Waals surface area contributed by atoms with Gasteiger partial charge in [-0.05, 0) is 23.8 Å². The van der Waals surface area contributed by atoms with Gasteiger partial charge in [-0.2, -0.15) is 5.10 Å². The molecular weight excluding hydrogens is 332 g/mol. The number of anilines is 1. The highest BCUT2D eigenvalue weighted by Crippen LogP contribution is 2.26. The third-order valence-electron chi connectivity index (χ3n) is 4.26. The molecular formula is C19H22N4O3. The number of nitrogens with zero attached hydrogens (tertiary/aromatic N) is 3. The molecule has 0 fully saturated rings. The van der Waals surface area contributed by atoms with Crippen LogP contribution in [0.2, 0.25) is 0 Å². The van der Waals surface area contributed by atoms with Crippen LogP contribution in [0.1, 0.15) is 17.7 Å². The lowest BCUT2D eigenvalue weighted by atomic mass is 10.1. The van der Waals surface area contributed by atoms with E-state index in [1.165, 1.54) is 7.11 Å². The molecule has 0 bridgehead atoms. The van der Waals surface area contributed by atoms with E-state index in [0.717, 1.165) is 33.7 Å². The van der Waals surface area contributed by atoms with Gasteiger partial charge in [-0.15, -0.1) is 0 Å². The molecule has 0 radical (unpaired) electrons. The second-order valence-corrected chi connectivity index (χ2v) is 5.83. The Kier molecular flexibility index (Phi) is 5.36. The first-order valence-corrected chi connectivity index (χ1v) is 8.38. The number of rotatable bonds is 7. The highest BCUT2D eigenvalue weighted by atomic mass is 16.5. The molecule has 0 aliphatic rings. The molecule has 1 N–H and O–H groups in total. The van der Waals surface area contributed by atoms with Gasteiger partial charge in [0.15, 0.2) is 0 Å². The van der Waals surface area contributed by atoms with E-state index in [1.807, 2.05) is 42.1 Å². The number of methoxy groups -OCH3 is 2. The van der Waals surface area contributed by atoms with Crippen molar-refractivity contribution in [2.45, 2.75) is 19.4 Å². The normalized spacial score (nSPS) is 10.7. The summed E-state index contributed by atoms with van der Waals surface area (Å²) in [7, 11) is 4.87. The van der Waals surface area contributed by atoms with E-state index in [2.05, 4.69) is 10.3 Å². The number of carbonyl (C=O) groups excluding carboxylic acids is 1. The average molecular weight is 354 g/mol. The predicted molar refractivity (Wildman–Crippen MR) is 99.5 cm³/mol. The number of pyridine rings is 1. The number of fused-ring (bicyclic) bond motifs is 1. The van der Waals surface area contributed by atoms with Crippen molar-refractivity contribution in [3.05, 3.63) is 47.8 Å². The molecule has 0 unspecified atom stereocenters. The maximum atomic E-state index is 11.5. The fraction of sp³-hybridized carbons (Fsp3) is 0.316. The lowest BCUT2D eigenvalue weighted by Gasteiger charge is -2.06. The number of benzene rings is 1. The van der Waals surface area contributed by atoms with Gasteiger partial charge in [0.1, 0.15) is 11.6 Å². The zero-order valence-corrected chi connectivity index (χ0v) is 15.2. The third-order valence-corrected chi connectivity index (χ3v) is 4.26. The predicted octanol–water partition coefficient (Wildman–Crippen LogP) is 2.64. The first-order valence-electron chi connectivity index (χ1n) is 8.38. The van der Waals surface area contributed by atoms with Crippen molar-refractivity contribution in [1.29, 1.82) is 0 Å². The molecule has 1 aromatic carbocycles. The van der Waals surface area contributed by atoms with Crippen molar-refractivity contribution < 1.29 is 14.3 Å². The summed E-state index contributed by atoms with van der Waals surface area (Å²) < 4.78 is 11.9. The van der Waals surface area contributed by atoms with Crippen molar-refractivity contribution in [2.75, 3.05) is 26.6 Å². The number of ether oxygens (including phenoxy) is 2. The Balaban J connectivity index is 1.97. The van der Waals surface area contributed by atoms with E-state index in [4.69, 9.17) is 14.6 Å². The van der Waals surface area contributed by atoms with Gasteiger partial charge in [-0.25, -0.2) is 4.98 Å². The van der Waals surface area contributed by atoms with Gasteiger partial charge in [0, 0.05) is 19.7 Å². The number of aryl methyl sites for hydroxylation is 1. The number of hydrogen-bond donors (Lipinski definition) is 1. The first kappa shape index (κ1) is 17.7. The van der Waals surface area contributed by atoms with E-state index in [1.54, 1.807) is 13.3 Å². The molecule has 3 aromatic rings. The van der Waals surface area contributed by atoms with E-state index >= 15 is 0 Å². The molecule has 26 heavy (non-hydrogen) atoms. The molecule has 0 saturated carbocycles. The second kappa shape index (κ2) is 7.86. The quantitative estimate of drug-likeness (QED) is 0.657. The van der Waals surface area contributed by atoms with Gasteiger partial charge in [0.25, 0.3) is 0 Å². The Morgan fingerprint density at radius 1 is 1.19 bits per heavy atom. The van der Waals surface area contributed by atoms with Crippen LogP contribution in [0.3, 0.4) is 0 Å². The van der Waals surface area contributed by atoms with Crippen molar-refractivity contribution in [2.24, 2.45) is 0 Å². The maximum Gasteiger partial charge on any atom is 0.305 e. The minimum Gasteiger partial charge on any atom is -0.497 e. The summed E-state index contributed by atoms with van der Waals surface area (Å²) in [5.41, 5.74) is 2.91. The average Bonchev–Trinajstić information content (AvgIpc) is 3.04. The SMILES string of the molecule is CNc1nccc2c1c(CCC(=O)OC)nn2Cc1ccc(OC)cc1. The molecule has 0 atom stereocenters. The molecule has 2 heterocycles. The van der Waals surface area contributed by atoms with Crippen LogP contribution in [0.15, 0.2) is 36.5 Å². The van der Waals surface area contributed by atoms with Crippen molar-refractivity contribution >= 4 is 22.7 Å². The summed E-state index contributed by atoms with van der Waals surface area (Å²) in [6.45, 7) is 0.617. The molecule has 0 amide bonds. The highest BCUT2D eigenvalue weighted by Gasteiger charge is 2.16. The van der Waals surface area contributed by atoms with Gasteiger partial charge in [-0.3, -0.25) is 9.48 Å². The van der Waals surface area contributed by atoms with Crippen LogP contribution >= 0.6 is 0 Å². The van der Waals surface area contributed by atoms with Crippen LogP contribution in [0, 0.1) is 0 Å². The van der Waals surface area contributed by atoms with Crippen LogP contribution in [0.25, 0.3) is 10.9 Å². The Hall–Kier alpha value is -3.09. The largest absolute Gasteiger partial charge is 0.497 e. The minimum absolute atomic E-state index is 0.252. The summed E-state index contributed by atoms with van der Waals surface area (Å²) in [5, 5.41) is 8.78. The summed E-state index contributed by atoms with van der Waals surface area (Å²) in [4.78, 5) is 15.9. The Labute approximate surface area is 151 Å². The molecule has 3 rings (SSSR count). The summed E-state index contributed by atoms with van der Waals surface area (Å²) >= 11 is 0. The van der Waals surface area contributed by atoms with E-state index in [9.17, 15) is 4.79 Å². The van der Waals surface area contributed by atoms with Crippen LogP contribution in [-0.4, -0.2) is 42.0 Å². The Bertz CT molecular complexity index is 903. The van der Waals surface area contributed by atoms with Crippen LogP contribution < -0.4 is 10.1 Å². The monoisotopic (exact) mass is 354 g/mol. The van der Waals surface area contributed by atoms with Crippen LogP contribution in [0.5, 0.6) is 5.75 Å². The van der Waals surface area contributed by atoms with Crippen LogP contribution in [0.4, 0.5) is 5.82 Å². The van der Waals surface area contributed by atoms with Gasteiger partial charge < -0.3 is 14.8 Å². The summed E-state index contributed by atoms with van der Waals surface area (Å²) in [5.74, 6) is 1.32. The molecule has 0 aliphatic carbocycles. The van der Waals surface area contributed by atoms with Crippen molar-refractivity contribution in [3.8, 4) is 5.75 Å². The standard InChI is InChI=1S/C19H22N4O3/c1-20-19-18-15(8-9-17(24)26-3)22-23(16(18)10-11-21-19)12-13-4-6-14(25-2)7-5-13/h4-7,10-11H,8-9,12H2,1-3H3,(H,20,21). The van der Waals surface area contributed by atoms with E-state index in [-0.39, 0.29) is 12.4 Å². The molecule has 136 valence electrons. The number of carbonyl (C=O) groups is 1. The van der Waals surface area contributed by atoms with Gasteiger partial charge in [-0.1, -0.05) is 12.1 Å². The second-order valence-electron chi connectivity index (χ2n) is 5.83. The molecule has 0 aliphatic heterocycles. The smallest absolute Gasteiger partial charge is 0.305 e. The number of nitrogens with one attached hydrogen (secondary N) is 1. The highest BCUT2D eigenvalue weighted by molar-refractivity contribution is 5.92. The molecule has 7 nitrogen and oxygen atoms in total. The summed E-state index contributed by atoms with van der Waals surface area (Å²) in [6, 6.07) is 9.83. The molecule has 0 spiro atoms. The minimum atomic E-state index is -0.252. The van der Waals surface area contributed by atoms with Gasteiger partial charge >= 0.3 is 5.97 Å². The number of hydrogen-bond acceptors (Lipinski definition) is 6. The fourth-order valence-corrected chi connectivity index (χ4v) is 2.91. The van der Waals surface area contributed by atoms with Gasteiger partial charge in [0.2, 0.25) is 0 Å². The third kappa shape index (κ3) is 3.61. The van der Waals surface area contributed by atoms with Crippen LogP contribution in [-0.2, 0) is 22.5 Å². The topological polar surface area (TPSA) is 78.3 Å². The first-order chi connectivity index (χ1) is 12.7. The van der Waals surface area contributed by atoms with Gasteiger partial charge in [0.05, 0.1) is 43.8 Å². The van der Waals surface area contributed by atoms with Crippen molar-refractivity contribution in [1.82, 2.24) is 14.8 Å². The number of esters is 1. The fourth-order valence-electron chi connectivity index (χ4n) is 2.91. The Morgan fingerprint density at radius 3 is 2.62 bits per heavy atom. The zero-order chi connectivity index (χ0) is 18.5. The van der Waals surface area contributed by atoms with E-state index < -0.39 is 0 Å². The molecule has 7 heteroatoms. The lowest BCUT2D eigenvalue weighted by Crippen LogP contribution is -2.04. The molecule has 2 aromatic heterocycles. The molecule has 0 saturated heterocycles. The zero-order valence-electron chi connectivity index (χ0n) is 15.2. The number of aromatic nitrogens is 3. The van der Waals surface area contributed by atoms with Crippen molar-refractivity contribution in [3.63, 3.8) is 0 Å². The maximum absolute atomic E-state index is 11.5. The van der Waals surface area contributed by atoms with E-state index in [0.29, 0.717) is 13.0 Å². The summed E-state index contributed by atoms with van der Waals surface area (Å²) in [6.07, 6.45) is 2.53. The lowest BCUT2D eigenvalue weighted by molar-refractivity contribution is -0.140.